The van der Waals surface area contributed by atoms with Crippen molar-refractivity contribution in [3.63, 3.8) is 0 Å². The van der Waals surface area contributed by atoms with E-state index >= 15 is 0 Å². The molecule has 0 fully saturated rings. The maximum atomic E-state index is 13.3. The maximum absolute atomic E-state index is 13.3. The van der Waals surface area contributed by atoms with Crippen molar-refractivity contribution in [2.45, 2.75) is 24.7 Å². The smallest absolute Gasteiger partial charge is 0.294 e. The Labute approximate surface area is 326 Å². The number of carbonyl (C=O) groups is 3. The number of rotatable bonds is 11. The molecule has 0 unspecified atom stereocenters. The molecule has 57 heavy (non-hydrogen) atoms. The number of para-hydroxylation sites is 1. The van der Waals surface area contributed by atoms with Crippen molar-refractivity contribution in [1.82, 2.24) is 19.9 Å². The number of ketones is 1. The first-order chi connectivity index (χ1) is 27.4. The number of hydrogen-bond donors (Lipinski definition) is 5. The molecule has 0 bridgehead atoms. The van der Waals surface area contributed by atoms with Crippen LogP contribution in [0.2, 0.25) is 0 Å². The molecule has 8 aromatic rings. The molecule has 2 heterocycles. The number of carbonyl (C=O) groups excluding carboxylic acids is 3. The maximum Gasteiger partial charge on any atom is 0.294 e. The number of fused-ring (bicyclic) bond motifs is 2. The summed E-state index contributed by atoms with van der Waals surface area (Å²) in [5.74, 6) is 0.623. The van der Waals surface area contributed by atoms with Gasteiger partial charge in [-0.15, -0.1) is 0 Å². The molecular weight excluding hydrogens is 741 g/mol. The van der Waals surface area contributed by atoms with Gasteiger partial charge in [0.15, 0.2) is 0 Å². The van der Waals surface area contributed by atoms with Gasteiger partial charge in [-0.25, -0.2) is 9.97 Å². The van der Waals surface area contributed by atoms with Crippen molar-refractivity contribution >= 4 is 61.2 Å². The van der Waals surface area contributed by atoms with E-state index in [-0.39, 0.29) is 29.4 Å². The number of nitrogens with zero attached hydrogens (tertiary/aromatic N) is 2. The zero-order valence-electron chi connectivity index (χ0n) is 30.4. The lowest BCUT2D eigenvalue weighted by Gasteiger charge is -2.07. The number of Topliss-reactive ketones (excluding diaryl/α,β-unsaturated/α-hetero) is 1. The van der Waals surface area contributed by atoms with E-state index in [0.717, 1.165) is 44.5 Å². The van der Waals surface area contributed by atoms with Gasteiger partial charge in [0.1, 0.15) is 17.4 Å². The van der Waals surface area contributed by atoms with Gasteiger partial charge in [-0.05, 0) is 102 Å². The first kappa shape index (κ1) is 36.7. The topological polar surface area (TPSA) is 187 Å². The van der Waals surface area contributed by atoms with Gasteiger partial charge in [0.25, 0.3) is 21.9 Å². The average Bonchev–Trinajstić information content (AvgIpc) is 3.83. The van der Waals surface area contributed by atoms with Gasteiger partial charge in [0.2, 0.25) is 0 Å². The Hall–Kier alpha value is -7.22. The number of aromatic nitrogens is 4. The molecule has 0 aliphatic rings. The molecule has 0 spiro atoms. The molecule has 0 saturated heterocycles. The van der Waals surface area contributed by atoms with E-state index in [0.29, 0.717) is 39.5 Å². The molecule has 2 amide bonds. The SMILES string of the molecule is Cc1ccccc1NC(=O)c1ccc2nc(-c3cccc(CC(=O)Cc4cccc(-c5nc6ccc(C(=O)Nc7ccc(S(=O)(=O)O)cc7)cc6[nH]5)c4)c3)[nH]c2c1. The van der Waals surface area contributed by atoms with Crippen molar-refractivity contribution in [3.05, 3.63) is 161 Å². The van der Waals surface area contributed by atoms with E-state index < -0.39 is 16.0 Å². The van der Waals surface area contributed by atoms with Crippen molar-refractivity contribution in [2.24, 2.45) is 0 Å². The van der Waals surface area contributed by atoms with Gasteiger partial charge in [-0.3, -0.25) is 18.9 Å². The lowest BCUT2D eigenvalue weighted by Crippen LogP contribution is -2.12. The number of imidazole rings is 2. The van der Waals surface area contributed by atoms with E-state index in [1.165, 1.54) is 24.3 Å². The first-order valence-corrected chi connectivity index (χ1v) is 19.3. The van der Waals surface area contributed by atoms with Crippen LogP contribution in [0.3, 0.4) is 0 Å². The number of aryl methyl sites for hydroxylation is 1. The fourth-order valence-electron chi connectivity index (χ4n) is 6.57. The van der Waals surface area contributed by atoms with Gasteiger partial charge < -0.3 is 20.6 Å². The molecule has 0 saturated carbocycles. The monoisotopic (exact) mass is 774 g/mol. The molecule has 0 atom stereocenters. The minimum atomic E-state index is -4.34. The Bertz CT molecular complexity index is 2970. The first-order valence-electron chi connectivity index (χ1n) is 17.9. The average molecular weight is 775 g/mol. The van der Waals surface area contributed by atoms with Crippen LogP contribution in [0, 0.1) is 6.92 Å². The Morgan fingerprint density at radius 3 is 1.67 bits per heavy atom. The molecule has 13 heteroatoms. The van der Waals surface area contributed by atoms with Crippen molar-refractivity contribution in [2.75, 3.05) is 10.6 Å². The highest BCUT2D eigenvalue weighted by molar-refractivity contribution is 7.85. The van der Waals surface area contributed by atoms with Crippen LogP contribution >= 0.6 is 0 Å². The summed E-state index contributed by atoms with van der Waals surface area (Å²) in [4.78, 5) is 55.0. The highest BCUT2D eigenvalue weighted by Crippen LogP contribution is 2.26. The number of anilines is 2. The number of H-pyrrole nitrogens is 2. The number of nitrogens with one attached hydrogen (secondary N) is 4. The van der Waals surface area contributed by atoms with E-state index in [4.69, 9.17) is 9.97 Å². The lowest BCUT2D eigenvalue weighted by atomic mass is 10.00. The quantitative estimate of drug-likeness (QED) is 0.0814. The van der Waals surface area contributed by atoms with Gasteiger partial charge in [-0.1, -0.05) is 54.6 Å². The number of aromatic amines is 2. The van der Waals surface area contributed by atoms with Gasteiger partial charge in [-0.2, -0.15) is 8.42 Å². The fourth-order valence-corrected chi connectivity index (χ4v) is 7.05. The molecule has 0 aliphatic heterocycles. The van der Waals surface area contributed by atoms with Gasteiger partial charge in [0, 0.05) is 46.5 Å². The molecule has 5 N–H and O–H groups in total. The number of amides is 2. The lowest BCUT2D eigenvalue weighted by molar-refractivity contribution is -0.117. The van der Waals surface area contributed by atoms with Crippen LogP contribution in [-0.4, -0.2) is 50.5 Å². The predicted octanol–water partition coefficient (Wildman–Crippen LogP) is 8.19. The summed E-state index contributed by atoms with van der Waals surface area (Å²) in [6, 6.07) is 38.4. The van der Waals surface area contributed by atoms with Gasteiger partial charge in [0.05, 0.1) is 27.0 Å². The second kappa shape index (κ2) is 15.1. The van der Waals surface area contributed by atoms with E-state index in [9.17, 15) is 27.4 Å². The molecule has 8 rings (SSSR count). The highest BCUT2D eigenvalue weighted by atomic mass is 32.2. The summed E-state index contributed by atoms with van der Waals surface area (Å²) in [6.45, 7) is 1.94. The van der Waals surface area contributed by atoms with Crippen LogP contribution in [0.1, 0.15) is 37.4 Å². The van der Waals surface area contributed by atoms with Crippen LogP contribution in [-0.2, 0) is 27.8 Å². The van der Waals surface area contributed by atoms with Crippen LogP contribution in [0.4, 0.5) is 11.4 Å². The zero-order valence-corrected chi connectivity index (χ0v) is 31.2. The summed E-state index contributed by atoms with van der Waals surface area (Å²) in [5.41, 5.74) is 8.96. The van der Waals surface area contributed by atoms with E-state index in [1.807, 2.05) is 85.8 Å². The third-order valence-corrected chi connectivity index (χ3v) is 10.4. The molecule has 0 radical (unpaired) electrons. The summed E-state index contributed by atoms with van der Waals surface area (Å²) in [7, 11) is -4.34. The van der Waals surface area contributed by atoms with Crippen molar-refractivity contribution in [3.8, 4) is 22.8 Å². The second-order valence-electron chi connectivity index (χ2n) is 13.7. The van der Waals surface area contributed by atoms with Crippen LogP contribution in [0.15, 0.2) is 138 Å². The molecular formula is C44H34N6O6S. The summed E-state index contributed by atoms with van der Waals surface area (Å²) in [5, 5.41) is 5.68. The normalized spacial score (nSPS) is 11.5. The van der Waals surface area contributed by atoms with Crippen LogP contribution in [0.25, 0.3) is 44.8 Å². The third-order valence-electron chi connectivity index (χ3n) is 9.49. The summed E-state index contributed by atoms with van der Waals surface area (Å²) in [6.07, 6.45) is 0.438. The predicted molar refractivity (Wildman–Crippen MR) is 219 cm³/mol. The highest BCUT2D eigenvalue weighted by Gasteiger charge is 2.15. The zero-order chi connectivity index (χ0) is 39.7. The second-order valence-corrected chi connectivity index (χ2v) is 15.1. The van der Waals surface area contributed by atoms with E-state index in [2.05, 4.69) is 20.6 Å². The van der Waals surface area contributed by atoms with Crippen LogP contribution < -0.4 is 10.6 Å². The molecule has 2 aromatic heterocycles. The van der Waals surface area contributed by atoms with E-state index in [1.54, 1.807) is 30.3 Å². The Morgan fingerprint density at radius 1 is 0.614 bits per heavy atom. The number of hydrogen-bond acceptors (Lipinski definition) is 7. The molecule has 282 valence electrons. The van der Waals surface area contributed by atoms with Crippen LogP contribution in [0.5, 0.6) is 0 Å². The summed E-state index contributed by atoms with van der Waals surface area (Å²) >= 11 is 0. The van der Waals surface area contributed by atoms with Crippen molar-refractivity contribution in [1.29, 1.82) is 0 Å². The third kappa shape index (κ3) is 8.25. The Balaban J connectivity index is 0.919. The molecule has 0 aliphatic carbocycles. The number of benzene rings is 6. The fraction of sp³-hybridized carbons (Fsp3) is 0.0682. The largest absolute Gasteiger partial charge is 0.338 e. The molecule has 6 aromatic carbocycles. The minimum absolute atomic E-state index is 0.0334. The standard InChI is InChI=1S/C44H34N6O6S/c1-26-6-2-3-11-36(26)50-44(53)32-13-19-38-40(25-32)49-42(47-38)30-10-5-8-28(21-30)23-34(51)22-27-7-4-9-29(20-27)41-46-37-18-12-31(24-39(37)48-41)43(52)45-33-14-16-35(17-15-33)57(54,55)56/h2-21,24-25H,22-23H2,1H3,(H,45,52)(H,46,48)(H,47,49)(H,50,53)(H,54,55,56). The van der Waals surface area contributed by atoms with Gasteiger partial charge >= 0.3 is 0 Å². The Kier molecular flexibility index (Phi) is 9.76. The Morgan fingerprint density at radius 2 is 1.14 bits per heavy atom. The minimum Gasteiger partial charge on any atom is -0.338 e. The molecule has 12 nitrogen and oxygen atoms in total. The summed E-state index contributed by atoms with van der Waals surface area (Å²) < 4.78 is 31.8. The van der Waals surface area contributed by atoms with Crippen molar-refractivity contribution < 1.29 is 27.4 Å².